The van der Waals surface area contributed by atoms with Crippen LogP contribution >= 0.6 is 0 Å². The average Bonchev–Trinajstić information content (AvgIpc) is 3.17. The molecule has 3 heterocycles. The predicted molar refractivity (Wildman–Crippen MR) is 114 cm³/mol. The Morgan fingerprint density at radius 1 is 1.04 bits per heavy atom. The summed E-state index contributed by atoms with van der Waals surface area (Å²) < 4.78 is 0. The number of rotatable bonds is 5. The Kier molecular flexibility index (Phi) is 4.41. The number of nitrogens with zero attached hydrogens (tertiary/aromatic N) is 3. The number of nitrogens with one attached hydrogen (secondary N) is 2. The van der Waals surface area contributed by atoms with Gasteiger partial charge in [0.25, 0.3) is 0 Å². The van der Waals surface area contributed by atoms with Crippen LogP contribution in [-0.2, 0) is 12.8 Å². The van der Waals surface area contributed by atoms with Gasteiger partial charge in [-0.25, -0.2) is 9.97 Å². The summed E-state index contributed by atoms with van der Waals surface area (Å²) in [5.74, 6) is 1.82. The van der Waals surface area contributed by atoms with Crippen molar-refractivity contribution in [3.8, 4) is 0 Å². The van der Waals surface area contributed by atoms with Gasteiger partial charge in [-0.3, -0.25) is 0 Å². The van der Waals surface area contributed by atoms with E-state index in [0.29, 0.717) is 0 Å². The number of para-hydroxylation sites is 2. The number of benzene rings is 2. The first kappa shape index (κ1) is 16.8. The number of aromatic amines is 1. The maximum atomic E-state index is 4.53. The number of aromatic nitrogens is 3. The summed E-state index contributed by atoms with van der Waals surface area (Å²) in [5, 5.41) is 4.75. The van der Waals surface area contributed by atoms with E-state index in [-0.39, 0.29) is 0 Å². The van der Waals surface area contributed by atoms with Gasteiger partial charge in [-0.1, -0.05) is 36.4 Å². The van der Waals surface area contributed by atoms with Crippen molar-refractivity contribution >= 4 is 28.2 Å². The molecule has 2 aromatic heterocycles. The lowest BCUT2D eigenvalue weighted by Crippen LogP contribution is -2.25. The van der Waals surface area contributed by atoms with Crippen LogP contribution in [0.5, 0.6) is 0 Å². The van der Waals surface area contributed by atoms with Crippen LogP contribution in [0.1, 0.15) is 17.5 Å². The van der Waals surface area contributed by atoms with Crippen LogP contribution in [0.2, 0.25) is 0 Å². The normalized spacial score (nSPS) is 13.5. The van der Waals surface area contributed by atoms with Gasteiger partial charge in [0, 0.05) is 41.9 Å². The van der Waals surface area contributed by atoms with Crippen molar-refractivity contribution in [3.05, 3.63) is 78.2 Å². The van der Waals surface area contributed by atoms with E-state index >= 15 is 0 Å². The Bertz CT molecular complexity index is 1100. The van der Waals surface area contributed by atoms with Gasteiger partial charge in [-0.05, 0) is 42.5 Å². The van der Waals surface area contributed by atoms with Crippen molar-refractivity contribution in [2.24, 2.45) is 0 Å². The zero-order valence-corrected chi connectivity index (χ0v) is 15.7. The summed E-state index contributed by atoms with van der Waals surface area (Å²) in [5.41, 5.74) is 5.16. The Balaban J connectivity index is 1.30. The minimum Gasteiger partial charge on any atom is -0.370 e. The van der Waals surface area contributed by atoms with Crippen LogP contribution in [-0.4, -0.2) is 28.0 Å². The first-order chi connectivity index (χ1) is 13.9. The van der Waals surface area contributed by atoms with Gasteiger partial charge in [0.1, 0.15) is 18.0 Å². The monoisotopic (exact) mass is 369 g/mol. The van der Waals surface area contributed by atoms with Crippen molar-refractivity contribution in [2.75, 3.05) is 23.3 Å². The van der Waals surface area contributed by atoms with E-state index in [1.54, 1.807) is 6.33 Å². The molecule has 0 aliphatic carbocycles. The molecule has 5 nitrogen and oxygen atoms in total. The highest BCUT2D eigenvalue weighted by atomic mass is 15.2. The van der Waals surface area contributed by atoms with Gasteiger partial charge in [-0.15, -0.1) is 0 Å². The lowest BCUT2D eigenvalue weighted by molar-refractivity contribution is 0.758. The second-order valence-corrected chi connectivity index (χ2v) is 7.18. The number of aryl methyl sites for hydroxylation is 1. The van der Waals surface area contributed by atoms with Crippen molar-refractivity contribution in [1.29, 1.82) is 0 Å². The van der Waals surface area contributed by atoms with Crippen molar-refractivity contribution in [2.45, 2.75) is 19.3 Å². The molecule has 140 valence electrons. The Morgan fingerprint density at radius 3 is 2.93 bits per heavy atom. The molecule has 0 spiro atoms. The van der Waals surface area contributed by atoms with Gasteiger partial charge in [0.15, 0.2) is 0 Å². The minimum atomic E-state index is 0.828. The van der Waals surface area contributed by atoms with Crippen molar-refractivity contribution in [3.63, 3.8) is 0 Å². The van der Waals surface area contributed by atoms with E-state index in [9.17, 15) is 0 Å². The molecular formula is C23H23N5. The van der Waals surface area contributed by atoms with Crippen LogP contribution in [0.3, 0.4) is 0 Å². The lowest BCUT2D eigenvalue weighted by Gasteiger charge is -2.30. The first-order valence-corrected chi connectivity index (χ1v) is 9.85. The maximum Gasteiger partial charge on any atom is 0.138 e. The molecule has 5 heteroatoms. The van der Waals surface area contributed by atoms with E-state index in [2.05, 4.69) is 86.0 Å². The van der Waals surface area contributed by atoms with E-state index in [1.807, 2.05) is 0 Å². The van der Waals surface area contributed by atoms with Crippen LogP contribution in [0.4, 0.5) is 17.3 Å². The first-order valence-electron chi connectivity index (χ1n) is 9.85. The average molecular weight is 369 g/mol. The van der Waals surface area contributed by atoms with Crippen LogP contribution in [0, 0.1) is 0 Å². The maximum absolute atomic E-state index is 4.53. The second-order valence-electron chi connectivity index (χ2n) is 7.18. The molecule has 28 heavy (non-hydrogen) atoms. The Hall–Kier alpha value is -3.34. The fraction of sp³-hybridized carbons (Fsp3) is 0.217. The fourth-order valence-electron chi connectivity index (χ4n) is 4.03. The minimum absolute atomic E-state index is 0.828. The van der Waals surface area contributed by atoms with Gasteiger partial charge in [0.2, 0.25) is 0 Å². The smallest absolute Gasteiger partial charge is 0.138 e. The highest BCUT2D eigenvalue weighted by Crippen LogP contribution is 2.32. The molecule has 0 unspecified atom stereocenters. The molecule has 2 N–H and O–H groups in total. The summed E-state index contributed by atoms with van der Waals surface area (Å²) in [6.07, 6.45) is 6.97. The van der Waals surface area contributed by atoms with Crippen LogP contribution < -0.4 is 10.2 Å². The molecule has 1 aliphatic rings. The molecule has 5 rings (SSSR count). The second kappa shape index (κ2) is 7.35. The highest BCUT2D eigenvalue weighted by molar-refractivity contribution is 5.83. The number of fused-ring (bicyclic) bond motifs is 2. The van der Waals surface area contributed by atoms with E-state index in [4.69, 9.17) is 0 Å². The Labute approximate surface area is 164 Å². The molecule has 0 radical (unpaired) electrons. The SMILES string of the molecule is c1ccc2c(c1)CCCN2c1cc(NCCc2c[nH]c3ccccc23)ncn1. The lowest BCUT2D eigenvalue weighted by atomic mass is 10.0. The molecule has 0 amide bonds. The third kappa shape index (κ3) is 3.20. The van der Waals surface area contributed by atoms with Crippen molar-refractivity contribution < 1.29 is 0 Å². The van der Waals surface area contributed by atoms with Gasteiger partial charge >= 0.3 is 0 Å². The van der Waals surface area contributed by atoms with Crippen LogP contribution in [0.25, 0.3) is 10.9 Å². The van der Waals surface area contributed by atoms with E-state index in [0.717, 1.165) is 44.0 Å². The molecule has 0 bridgehead atoms. The molecule has 2 aromatic carbocycles. The predicted octanol–water partition coefficient (Wildman–Crippen LogP) is 4.70. The summed E-state index contributed by atoms with van der Waals surface area (Å²) in [7, 11) is 0. The largest absolute Gasteiger partial charge is 0.370 e. The standard InChI is InChI=1S/C23H23N5/c1-4-10-21-17(6-1)7-5-13-28(21)23-14-22(26-16-27-23)24-12-11-18-15-25-20-9-3-2-8-19(18)20/h1-4,6,8-10,14-16,25H,5,7,11-13H2,(H,24,26,27). The third-order valence-electron chi connectivity index (χ3n) is 5.41. The zero-order chi connectivity index (χ0) is 18.8. The summed E-state index contributed by atoms with van der Waals surface area (Å²) in [4.78, 5) is 14.6. The Morgan fingerprint density at radius 2 is 1.93 bits per heavy atom. The molecular weight excluding hydrogens is 346 g/mol. The molecule has 0 saturated heterocycles. The quantitative estimate of drug-likeness (QED) is 0.535. The third-order valence-corrected chi connectivity index (χ3v) is 5.41. The summed E-state index contributed by atoms with van der Waals surface area (Å²) in [6.45, 7) is 1.82. The number of anilines is 3. The zero-order valence-electron chi connectivity index (χ0n) is 15.7. The molecule has 0 fully saturated rings. The van der Waals surface area contributed by atoms with Gasteiger partial charge in [0.05, 0.1) is 0 Å². The molecule has 1 aliphatic heterocycles. The number of hydrogen-bond acceptors (Lipinski definition) is 4. The molecule has 0 saturated carbocycles. The van der Waals surface area contributed by atoms with Crippen molar-refractivity contribution in [1.82, 2.24) is 15.0 Å². The molecule has 4 aromatic rings. The molecule has 0 atom stereocenters. The number of hydrogen-bond donors (Lipinski definition) is 2. The van der Waals surface area contributed by atoms with E-state index in [1.165, 1.54) is 27.7 Å². The number of H-pyrrole nitrogens is 1. The van der Waals surface area contributed by atoms with Gasteiger partial charge in [-0.2, -0.15) is 0 Å². The van der Waals surface area contributed by atoms with Gasteiger partial charge < -0.3 is 15.2 Å². The topological polar surface area (TPSA) is 56.8 Å². The highest BCUT2D eigenvalue weighted by Gasteiger charge is 2.19. The van der Waals surface area contributed by atoms with Crippen LogP contribution in [0.15, 0.2) is 67.1 Å². The van der Waals surface area contributed by atoms with E-state index < -0.39 is 0 Å². The fourth-order valence-corrected chi connectivity index (χ4v) is 4.03. The summed E-state index contributed by atoms with van der Waals surface area (Å²) in [6, 6.07) is 19.1. The summed E-state index contributed by atoms with van der Waals surface area (Å²) >= 11 is 0.